The van der Waals surface area contributed by atoms with Crippen LogP contribution in [0.15, 0.2) is 35.3 Å². The van der Waals surface area contributed by atoms with Gasteiger partial charge in [-0.15, -0.1) is 24.0 Å². The fourth-order valence-electron chi connectivity index (χ4n) is 3.08. The number of nitrogens with zero attached hydrogens (tertiary/aromatic N) is 1. The number of benzene rings is 2. The second-order valence-corrected chi connectivity index (χ2v) is 6.57. The van der Waals surface area contributed by atoms with Gasteiger partial charge in [0, 0.05) is 24.7 Å². The van der Waals surface area contributed by atoms with Crippen molar-refractivity contribution in [3.63, 3.8) is 0 Å². The Hall–Kier alpha value is -2.56. The number of fused-ring (bicyclic) bond motifs is 1. The van der Waals surface area contributed by atoms with E-state index in [0.29, 0.717) is 43.0 Å². The van der Waals surface area contributed by atoms with Crippen LogP contribution in [0.5, 0.6) is 28.7 Å². The number of methoxy groups -OCH3 is 3. The highest BCUT2D eigenvalue weighted by atomic mass is 127. The first-order valence-electron chi connectivity index (χ1n) is 9.92. The first-order chi connectivity index (χ1) is 14.7. The summed E-state index contributed by atoms with van der Waals surface area (Å²) in [5.74, 6) is 3.91. The van der Waals surface area contributed by atoms with E-state index in [2.05, 4.69) is 15.6 Å². The van der Waals surface area contributed by atoms with Gasteiger partial charge in [0.05, 0.1) is 41.1 Å². The van der Waals surface area contributed by atoms with Gasteiger partial charge in [-0.3, -0.25) is 0 Å². The predicted octanol–water partition coefficient (Wildman–Crippen LogP) is 4.07. The average Bonchev–Trinajstić information content (AvgIpc) is 3.01. The van der Waals surface area contributed by atoms with Crippen molar-refractivity contribution in [2.45, 2.75) is 19.9 Å². The van der Waals surface area contributed by atoms with Crippen LogP contribution in [0.4, 0.5) is 5.69 Å². The lowest BCUT2D eigenvalue weighted by Crippen LogP contribution is -2.30. The fraction of sp³-hybridized carbons (Fsp3) is 0.409. The van der Waals surface area contributed by atoms with E-state index in [4.69, 9.17) is 23.7 Å². The second-order valence-electron chi connectivity index (χ2n) is 6.57. The van der Waals surface area contributed by atoms with E-state index in [9.17, 15) is 0 Å². The first-order valence-corrected chi connectivity index (χ1v) is 9.92. The van der Waals surface area contributed by atoms with Crippen LogP contribution in [0.2, 0.25) is 0 Å². The monoisotopic (exact) mass is 543 g/mol. The molecule has 0 bridgehead atoms. The third kappa shape index (κ3) is 6.46. The van der Waals surface area contributed by atoms with Crippen LogP contribution in [0, 0.1) is 0 Å². The van der Waals surface area contributed by atoms with E-state index in [-0.39, 0.29) is 24.0 Å². The molecule has 170 valence electrons. The molecule has 31 heavy (non-hydrogen) atoms. The van der Waals surface area contributed by atoms with Gasteiger partial charge >= 0.3 is 0 Å². The Morgan fingerprint density at radius 2 is 1.65 bits per heavy atom. The van der Waals surface area contributed by atoms with E-state index < -0.39 is 0 Å². The Kier molecular flexibility index (Phi) is 9.83. The Morgan fingerprint density at radius 3 is 2.26 bits per heavy atom. The molecule has 0 radical (unpaired) electrons. The van der Waals surface area contributed by atoms with Crippen LogP contribution in [0.1, 0.15) is 18.9 Å². The van der Waals surface area contributed by atoms with Crippen LogP contribution in [-0.4, -0.2) is 47.0 Å². The maximum atomic E-state index is 5.77. The van der Waals surface area contributed by atoms with Crippen LogP contribution in [0.25, 0.3) is 0 Å². The maximum absolute atomic E-state index is 5.77. The Labute approximate surface area is 200 Å². The lowest BCUT2D eigenvalue weighted by atomic mass is 10.2. The summed E-state index contributed by atoms with van der Waals surface area (Å²) < 4.78 is 27.7. The standard InChI is InChI=1S/C22H29N3O5.HI/c1-5-23-22(25-16-7-8-17-18(13-16)30-10-6-9-29-17)24-14-15-11-19(26-2)21(28-4)20(12-15)27-3;/h7-8,11-13H,5-6,9-10,14H2,1-4H3,(H2,23,24,25);1H. The second kappa shape index (κ2) is 12.3. The number of hydrogen-bond donors (Lipinski definition) is 2. The lowest BCUT2D eigenvalue weighted by molar-refractivity contribution is 0.297. The Bertz CT molecular complexity index is 866. The van der Waals surface area contributed by atoms with Crippen molar-refractivity contribution in [3.8, 4) is 28.7 Å². The SMILES string of the molecule is CCNC(=NCc1cc(OC)c(OC)c(OC)c1)Nc1ccc2c(c1)OCCCO2.I. The molecule has 0 saturated heterocycles. The summed E-state index contributed by atoms with van der Waals surface area (Å²) in [6, 6.07) is 9.56. The van der Waals surface area contributed by atoms with E-state index in [1.807, 2.05) is 37.3 Å². The zero-order valence-corrected chi connectivity index (χ0v) is 20.6. The van der Waals surface area contributed by atoms with Gasteiger partial charge in [-0.1, -0.05) is 0 Å². The number of halogens is 1. The lowest BCUT2D eigenvalue weighted by Gasteiger charge is -2.15. The molecule has 0 atom stereocenters. The Morgan fingerprint density at radius 1 is 0.968 bits per heavy atom. The van der Waals surface area contributed by atoms with E-state index in [1.165, 1.54) is 0 Å². The van der Waals surface area contributed by atoms with Gasteiger partial charge < -0.3 is 34.3 Å². The number of aliphatic imine (C=N–C) groups is 1. The molecule has 9 heteroatoms. The van der Waals surface area contributed by atoms with E-state index >= 15 is 0 Å². The summed E-state index contributed by atoms with van der Waals surface area (Å²) in [6.07, 6.45) is 0.871. The highest BCUT2D eigenvalue weighted by Crippen LogP contribution is 2.38. The summed E-state index contributed by atoms with van der Waals surface area (Å²) in [5, 5.41) is 6.57. The molecule has 0 spiro atoms. The van der Waals surface area contributed by atoms with Gasteiger partial charge in [0.1, 0.15) is 0 Å². The molecule has 0 amide bonds. The summed E-state index contributed by atoms with van der Waals surface area (Å²) in [5.41, 5.74) is 1.80. The molecule has 2 N–H and O–H groups in total. The molecule has 1 aliphatic heterocycles. The molecule has 0 fully saturated rings. The molecule has 3 rings (SSSR count). The maximum Gasteiger partial charge on any atom is 0.203 e. The highest BCUT2D eigenvalue weighted by Gasteiger charge is 2.14. The smallest absolute Gasteiger partial charge is 0.203 e. The zero-order valence-electron chi connectivity index (χ0n) is 18.3. The topological polar surface area (TPSA) is 82.6 Å². The minimum Gasteiger partial charge on any atom is -0.493 e. The van der Waals surface area contributed by atoms with Crippen LogP contribution in [-0.2, 0) is 6.54 Å². The number of hydrogen-bond acceptors (Lipinski definition) is 6. The molecule has 1 aliphatic rings. The van der Waals surface area contributed by atoms with Crippen molar-refractivity contribution in [3.05, 3.63) is 35.9 Å². The largest absolute Gasteiger partial charge is 0.493 e. The number of guanidine groups is 1. The zero-order chi connectivity index (χ0) is 21.3. The fourth-order valence-corrected chi connectivity index (χ4v) is 3.08. The van der Waals surface area contributed by atoms with Crippen molar-refractivity contribution in [2.75, 3.05) is 46.4 Å². The van der Waals surface area contributed by atoms with Gasteiger partial charge in [0.15, 0.2) is 29.0 Å². The number of nitrogens with one attached hydrogen (secondary N) is 2. The third-order valence-corrected chi connectivity index (χ3v) is 4.50. The van der Waals surface area contributed by atoms with E-state index in [0.717, 1.165) is 35.7 Å². The third-order valence-electron chi connectivity index (χ3n) is 4.50. The summed E-state index contributed by atoms with van der Waals surface area (Å²) in [7, 11) is 4.78. The molecule has 0 saturated carbocycles. The van der Waals surface area contributed by atoms with Crippen molar-refractivity contribution in [1.29, 1.82) is 0 Å². The molecule has 2 aromatic carbocycles. The van der Waals surface area contributed by atoms with Gasteiger partial charge in [-0.25, -0.2) is 4.99 Å². The molecule has 2 aromatic rings. The summed E-state index contributed by atoms with van der Waals surface area (Å²) >= 11 is 0. The molecule has 0 unspecified atom stereocenters. The predicted molar refractivity (Wildman–Crippen MR) is 132 cm³/mol. The van der Waals surface area contributed by atoms with Crippen molar-refractivity contribution >= 4 is 35.6 Å². The first kappa shape index (κ1) is 24.7. The van der Waals surface area contributed by atoms with Crippen molar-refractivity contribution < 1.29 is 23.7 Å². The normalized spacial score (nSPS) is 12.8. The van der Waals surface area contributed by atoms with Crippen LogP contribution >= 0.6 is 24.0 Å². The van der Waals surface area contributed by atoms with Crippen LogP contribution in [0.3, 0.4) is 0 Å². The molecule has 0 aromatic heterocycles. The summed E-state index contributed by atoms with van der Waals surface area (Å²) in [4.78, 5) is 4.69. The number of rotatable bonds is 7. The van der Waals surface area contributed by atoms with Gasteiger partial charge in [-0.05, 0) is 36.8 Å². The van der Waals surface area contributed by atoms with Crippen molar-refractivity contribution in [2.24, 2.45) is 4.99 Å². The molecular weight excluding hydrogens is 513 g/mol. The minimum absolute atomic E-state index is 0. The quantitative estimate of drug-likeness (QED) is 0.310. The van der Waals surface area contributed by atoms with Gasteiger partial charge in [0.25, 0.3) is 0 Å². The number of ether oxygens (including phenoxy) is 5. The van der Waals surface area contributed by atoms with Gasteiger partial charge in [0.2, 0.25) is 5.75 Å². The average molecular weight is 543 g/mol. The number of anilines is 1. The van der Waals surface area contributed by atoms with E-state index in [1.54, 1.807) is 21.3 Å². The Balaban J connectivity index is 0.00000341. The van der Waals surface area contributed by atoms with Crippen molar-refractivity contribution in [1.82, 2.24) is 5.32 Å². The molecule has 0 aliphatic carbocycles. The van der Waals surface area contributed by atoms with Crippen LogP contribution < -0.4 is 34.3 Å². The highest BCUT2D eigenvalue weighted by molar-refractivity contribution is 14.0. The molecule has 1 heterocycles. The minimum atomic E-state index is 0. The molecule has 8 nitrogen and oxygen atoms in total. The summed E-state index contributed by atoms with van der Waals surface area (Å²) in [6.45, 7) is 4.48. The molecular formula is C22H30IN3O5. The van der Waals surface area contributed by atoms with Gasteiger partial charge in [-0.2, -0.15) is 0 Å².